The van der Waals surface area contributed by atoms with Crippen LogP contribution in [0.25, 0.3) is 55.6 Å². The van der Waals surface area contributed by atoms with Crippen molar-refractivity contribution in [2.45, 2.75) is 25.8 Å². The number of nitrogens with one attached hydrogen (secondary N) is 2. The van der Waals surface area contributed by atoms with Gasteiger partial charge in [0.2, 0.25) is 0 Å². The average Bonchev–Trinajstić information content (AvgIpc) is 3.68. The summed E-state index contributed by atoms with van der Waals surface area (Å²) < 4.78 is 0. The summed E-state index contributed by atoms with van der Waals surface area (Å²) in [5.41, 5.74) is 9.68. The number of benzene rings is 1. The normalized spacial score (nSPS) is 14.7. The maximum atomic E-state index is 4.68. The zero-order valence-electron chi connectivity index (χ0n) is 19.9. The van der Waals surface area contributed by atoms with E-state index in [0.717, 1.165) is 51.0 Å². The molecule has 2 N–H and O–H groups in total. The van der Waals surface area contributed by atoms with Crippen LogP contribution in [0.15, 0.2) is 71.8 Å². The van der Waals surface area contributed by atoms with Gasteiger partial charge in [-0.1, -0.05) is 12.5 Å². The third kappa shape index (κ3) is 3.90. The van der Waals surface area contributed by atoms with Crippen LogP contribution in [0.2, 0.25) is 0 Å². The SMILES string of the molecule is c1cc(-c2ccsc2)c2cc(-c3n[nH]c4ccc(-c5cncc(CN6CCCCC6)c5)cc34)[nH]c2n1. The molecule has 178 valence electrons. The highest BCUT2D eigenvalue weighted by Gasteiger charge is 2.16. The summed E-state index contributed by atoms with van der Waals surface area (Å²) in [7, 11) is 0. The van der Waals surface area contributed by atoms with Crippen molar-refractivity contribution < 1.29 is 0 Å². The van der Waals surface area contributed by atoms with Gasteiger partial charge in [0.1, 0.15) is 11.3 Å². The number of pyridine rings is 2. The lowest BCUT2D eigenvalue weighted by Crippen LogP contribution is -2.29. The summed E-state index contributed by atoms with van der Waals surface area (Å²) in [6.07, 6.45) is 9.77. The van der Waals surface area contributed by atoms with Crippen molar-refractivity contribution in [2.75, 3.05) is 13.1 Å². The van der Waals surface area contributed by atoms with Crippen molar-refractivity contribution in [3.8, 4) is 33.6 Å². The number of thiophene rings is 1. The van der Waals surface area contributed by atoms with E-state index < -0.39 is 0 Å². The highest BCUT2D eigenvalue weighted by molar-refractivity contribution is 7.08. The van der Waals surface area contributed by atoms with Gasteiger partial charge in [-0.25, -0.2) is 4.98 Å². The van der Waals surface area contributed by atoms with Crippen molar-refractivity contribution in [1.29, 1.82) is 0 Å². The number of fused-ring (bicyclic) bond motifs is 2. The Balaban J connectivity index is 1.26. The van der Waals surface area contributed by atoms with Crippen LogP contribution in [0.1, 0.15) is 24.8 Å². The summed E-state index contributed by atoms with van der Waals surface area (Å²) in [5.74, 6) is 0. The Bertz CT molecular complexity index is 1660. The molecule has 1 fully saturated rings. The van der Waals surface area contributed by atoms with Gasteiger partial charge in [-0.2, -0.15) is 16.4 Å². The van der Waals surface area contributed by atoms with Crippen LogP contribution in [0.3, 0.4) is 0 Å². The number of aromatic nitrogens is 5. The van der Waals surface area contributed by atoms with Crippen LogP contribution < -0.4 is 0 Å². The maximum absolute atomic E-state index is 4.68. The largest absolute Gasteiger partial charge is 0.338 e. The first-order valence-corrected chi connectivity index (χ1v) is 13.4. The molecule has 5 aromatic heterocycles. The second kappa shape index (κ2) is 9.00. The Kier molecular flexibility index (Phi) is 5.37. The van der Waals surface area contributed by atoms with Crippen molar-refractivity contribution in [2.24, 2.45) is 0 Å². The monoisotopic (exact) mass is 490 g/mol. The summed E-state index contributed by atoms with van der Waals surface area (Å²) in [6.45, 7) is 3.33. The minimum Gasteiger partial charge on any atom is -0.338 e. The molecule has 6 nitrogen and oxygen atoms in total. The smallest absolute Gasteiger partial charge is 0.138 e. The van der Waals surface area contributed by atoms with Gasteiger partial charge in [0.25, 0.3) is 0 Å². The molecule has 7 rings (SSSR count). The van der Waals surface area contributed by atoms with Gasteiger partial charge in [0, 0.05) is 41.5 Å². The number of hydrogen-bond acceptors (Lipinski definition) is 5. The van der Waals surface area contributed by atoms with Gasteiger partial charge in [-0.3, -0.25) is 15.0 Å². The molecule has 7 heteroatoms. The first kappa shape index (κ1) is 21.5. The van der Waals surface area contributed by atoms with E-state index in [9.17, 15) is 0 Å². The third-order valence-corrected chi connectivity index (χ3v) is 7.85. The molecule has 0 aliphatic carbocycles. The standard InChI is InChI=1S/C29H26N6S/c1-2-9-35(10-3-1)17-19-12-22(16-30-15-19)20-4-5-26-25(13-20)28(34-33-26)27-14-24-23(21-7-11-36-18-21)6-8-31-29(24)32-27/h4-8,11-16,18H,1-3,9-10,17H2,(H,31,32)(H,33,34). The van der Waals surface area contributed by atoms with Gasteiger partial charge >= 0.3 is 0 Å². The first-order valence-electron chi connectivity index (χ1n) is 12.5. The van der Waals surface area contributed by atoms with E-state index in [2.05, 4.69) is 83.3 Å². The molecule has 0 bridgehead atoms. The predicted molar refractivity (Wildman–Crippen MR) is 147 cm³/mol. The number of nitrogens with zero attached hydrogens (tertiary/aromatic N) is 4. The molecule has 1 aliphatic heterocycles. The number of aromatic amines is 2. The summed E-state index contributed by atoms with van der Waals surface area (Å²) >= 11 is 1.70. The fourth-order valence-electron chi connectivity index (χ4n) is 5.33. The molecule has 36 heavy (non-hydrogen) atoms. The second-order valence-corrected chi connectivity index (χ2v) is 10.3. The van der Waals surface area contributed by atoms with Crippen molar-refractivity contribution >= 4 is 33.3 Å². The molecule has 0 atom stereocenters. The summed E-state index contributed by atoms with van der Waals surface area (Å²) in [6, 6.07) is 15.1. The quantitative estimate of drug-likeness (QED) is 0.276. The zero-order chi connectivity index (χ0) is 23.9. The van der Waals surface area contributed by atoms with Crippen LogP contribution in [0.5, 0.6) is 0 Å². The molecule has 0 saturated carbocycles. The van der Waals surface area contributed by atoms with E-state index in [4.69, 9.17) is 0 Å². The fourth-order valence-corrected chi connectivity index (χ4v) is 5.99. The molecule has 0 radical (unpaired) electrons. The molecule has 1 saturated heterocycles. The van der Waals surface area contributed by atoms with E-state index in [1.807, 2.05) is 18.6 Å². The molecule has 1 aromatic carbocycles. The average molecular weight is 491 g/mol. The highest BCUT2D eigenvalue weighted by atomic mass is 32.1. The van der Waals surface area contributed by atoms with E-state index >= 15 is 0 Å². The lowest BCUT2D eigenvalue weighted by atomic mass is 10.0. The van der Waals surface area contributed by atoms with Crippen LogP contribution in [0, 0.1) is 0 Å². The molecule has 6 heterocycles. The van der Waals surface area contributed by atoms with Gasteiger partial charge in [-0.05, 0) is 95.3 Å². The Morgan fingerprint density at radius 3 is 2.72 bits per heavy atom. The van der Waals surface area contributed by atoms with Gasteiger partial charge < -0.3 is 4.98 Å². The molecule has 1 aliphatic rings. The van der Waals surface area contributed by atoms with E-state index in [-0.39, 0.29) is 0 Å². The van der Waals surface area contributed by atoms with E-state index in [0.29, 0.717) is 0 Å². The molecule has 6 aromatic rings. The molecular formula is C29H26N6S. The van der Waals surface area contributed by atoms with E-state index in [1.54, 1.807) is 11.3 Å². The number of rotatable bonds is 5. The molecule has 0 spiro atoms. The first-order chi connectivity index (χ1) is 17.8. The van der Waals surface area contributed by atoms with Crippen LogP contribution in [0.4, 0.5) is 0 Å². The minimum atomic E-state index is 0.871. The van der Waals surface area contributed by atoms with Gasteiger partial charge in [-0.15, -0.1) is 0 Å². The van der Waals surface area contributed by atoms with Crippen molar-refractivity contribution in [3.63, 3.8) is 0 Å². The predicted octanol–water partition coefficient (Wildman–Crippen LogP) is 6.88. The lowest BCUT2D eigenvalue weighted by molar-refractivity contribution is 0.220. The molecule has 0 amide bonds. The van der Waals surface area contributed by atoms with E-state index in [1.165, 1.54) is 49.0 Å². The molecule has 0 unspecified atom stereocenters. The van der Waals surface area contributed by atoms with Crippen molar-refractivity contribution in [3.05, 3.63) is 77.4 Å². The molecular weight excluding hydrogens is 464 g/mol. The van der Waals surface area contributed by atoms with Crippen molar-refractivity contribution in [1.82, 2.24) is 30.0 Å². The fraction of sp³-hybridized carbons (Fsp3) is 0.207. The van der Waals surface area contributed by atoms with Gasteiger partial charge in [0.05, 0.1) is 11.2 Å². The number of likely N-dealkylation sites (tertiary alicyclic amines) is 1. The second-order valence-electron chi connectivity index (χ2n) is 9.57. The Morgan fingerprint density at radius 2 is 1.83 bits per heavy atom. The topological polar surface area (TPSA) is 73.5 Å². The maximum Gasteiger partial charge on any atom is 0.138 e. The highest BCUT2D eigenvalue weighted by Crippen LogP contribution is 2.35. The van der Waals surface area contributed by atoms with Crippen LogP contribution >= 0.6 is 11.3 Å². The Hall–Kier alpha value is -3.81. The minimum absolute atomic E-state index is 0.871. The zero-order valence-corrected chi connectivity index (χ0v) is 20.7. The summed E-state index contributed by atoms with van der Waals surface area (Å²) in [5, 5.41) is 14.3. The third-order valence-electron chi connectivity index (χ3n) is 7.17. The number of H-pyrrole nitrogens is 2. The summed E-state index contributed by atoms with van der Waals surface area (Å²) in [4.78, 5) is 15.2. The Labute approximate surface area is 213 Å². The van der Waals surface area contributed by atoms with Crippen LogP contribution in [-0.4, -0.2) is 43.1 Å². The van der Waals surface area contributed by atoms with Crippen LogP contribution in [-0.2, 0) is 6.54 Å². The lowest BCUT2D eigenvalue weighted by Gasteiger charge is -2.26. The number of piperidine rings is 1. The number of hydrogen-bond donors (Lipinski definition) is 2. The van der Waals surface area contributed by atoms with Gasteiger partial charge in [0.15, 0.2) is 0 Å². The Morgan fingerprint density at radius 1 is 0.889 bits per heavy atom.